The largest absolute Gasteiger partial charge is 0.444 e. The number of hydrogen-bond donors (Lipinski definition) is 2. The number of benzene rings is 1. The molecule has 3 rings (SSSR count). The fourth-order valence-corrected chi connectivity index (χ4v) is 4.11. The minimum Gasteiger partial charge on any atom is -0.444 e. The predicted octanol–water partition coefficient (Wildman–Crippen LogP) is 5.06. The van der Waals surface area contributed by atoms with Gasteiger partial charge < -0.3 is 15.4 Å². The van der Waals surface area contributed by atoms with E-state index in [0.29, 0.717) is 12.0 Å². The third-order valence-corrected chi connectivity index (χ3v) is 5.50. The Labute approximate surface area is 158 Å². The first kappa shape index (κ1) is 19.1. The lowest BCUT2D eigenvalue weighted by Crippen LogP contribution is -2.37. The Morgan fingerprint density at radius 2 is 1.77 bits per heavy atom. The van der Waals surface area contributed by atoms with Gasteiger partial charge in [0, 0.05) is 18.3 Å². The van der Waals surface area contributed by atoms with E-state index in [0.717, 1.165) is 32.2 Å². The van der Waals surface area contributed by atoms with Crippen molar-refractivity contribution in [3.8, 4) is 0 Å². The van der Waals surface area contributed by atoms with E-state index >= 15 is 0 Å². The number of carbonyl (C=O) groups is 1. The van der Waals surface area contributed by atoms with E-state index in [-0.39, 0.29) is 6.09 Å². The third-order valence-electron chi connectivity index (χ3n) is 5.50. The summed E-state index contributed by atoms with van der Waals surface area (Å²) in [4.78, 5) is 11.8. The molecular formula is C22H34N2O2. The van der Waals surface area contributed by atoms with Crippen molar-refractivity contribution in [2.75, 3.05) is 11.9 Å². The summed E-state index contributed by atoms with van der Waals surface area (Å²) in [6.07, 6.45) is 9.46. The van der Waals surface area contributed by atoms with Crippen LogP contribution in [0.1, 0.15) is 70.4 Å². The first-order chi connectivity index (χ1) is 12.4. The molecule has 0 radical (unpaired) electrons. The first-order valence-corrected chi connectivity index (χ1v) is 10.2. The number of anilines is 1. The average molecular weight is 359 g/mol. The normalized spacial score (nSPS) is 23.0. The Bertz CT molecular complexity index is 613. The maximum atomic E-state index is 11.8. The topological polar surface area (TPSA) is 50.4 Å². The number of amides is 1. The molecule has 2 N–H and O–H groups in total. The van der Waals surface area contributed by atoms with Crippen molar-refractivity contribution in [1.82, 2.24) is 5.32 Å². The molecule has 1 saturated carbocycles. The monoisotopic (exact) mass is 358 g/mol. The summed E-state index contributed by atoms with van der Waals surface area (Å²) in [6, 6.07) is 7.48. The molecule has 0 atom stereocenters. The van der Waals surface area contributed by atoms with Crippen molar-refractivity contribution < 1.29 is 9.53 Å². The second-order valence-corrected chi connectivity index (χ2v) is 8.94. The Morgan fingerprint density at radius 3 is 2.46 bits per heavy atom. The number of alkyl carbamates (subject to hydrolysis) is 1. The highest BCUT2D eigenvalue weighted by molar-refractivity contribution is 5.67. The maximum absolute atomic E-state index is 11.8. The van der Waals surface area contributed by atoms with Gasteiger partial charge >= 0.3 is 6.09 Å². The molecule has 2 aliphatic carbocycles. The number of ether oxygens (including phenoxy) is 1. The van der Waals surface area contributed by atoms with Crippen molar-refractivity contribution in [1.29, 1.82) is 0 Å². The summed E-state index contributed by atoms with van der Waals surface area (Å²) in [7, 11) is 0. The highest BCUT2D eigenvalue weighted by atomic mass is 16.6. The summed E-state index contributed by atoms with van der Waals surface area (Å²) >= 11 is 0. The van der Waals surface area contributed by atoms with E-state index in [1.54, 1.807) is 5.56 Å². The van der Waals surface area contributed by atoms with Gasteiger partial charge in [0.15, 0.2) is 0 Å². The molecule has 4 nitrogen and oxygen atoms in total. The van der Waals surface area contributed by atoms with Gasteiger partial charge in [-0.15, -0.1) is 0 Å². The molecular weight excluding hydrogens is 324 g/mol. The SMILES string of the molecule is CC(C)(C)OC(=O)NCC1CCC(Nc2ccc3c(c2)CCCC3)CC1. The first-order valence-electron chi connectivity index (χ1n) is 10.2. The summed E-state index contributed by atoms with van der Waals surface area (Å²) in [5.74, 6) is 0.559. The van der Waals surface area contributed by atoms with Crippen molar-refractivity contribution >= 4 is 11.8 Å². The van der Waals surface area contributed by atoms with Crippen LogP contribution in [-0.2, 0) is 17.6 Å². The predicted molar refractivity (Wildman–Crippen MR) is 107 cm³/mol. The van der Waals surface area contributed by atoms with Crippen molar-refractivity contribution in [3.63, 3.8) is 0 Å². The molecule has 0 spiro atoms. The van der Waals surface area contributed by atoms with Crippen molar-refractivity contribution in [2.45, 2.75) is 83.8 Å². The number of rotatable bonds is 4. The standard InChI is InChI=1S/C22H34N2O2/c1-22(2,3)26-21(25)23-15-16-8-11-19(12-9-16)24-20-13-10-17-6-4-5-7-18(17)14-20/h10,13-14,16,19,24H,4-9,11-12,15H2,1-3H3,(H,23,25). The summed E-state index contributed by atoms with van der Waals surface area (Å²) in [5.41, 5.74) is 3.93. The van der Waals surface area contributed by atoms with Crippen LogP contribution in [-0.4, -0.2) is 24.3 Å². The number of hydrogen-bond acceptors (Lipinski definition) is 3. The van der Waals surface area contributed by atoms with E-state index in [4.69, 9.17) is 4.74 Å². The minimum absolute atomic E-state index is 0.299. The Hall–Kier alpha value is -1.71. The molecule has 0 unspecified atom stereocenters. The van der Waals surface area contributed by atoms with Gasteiger partial charge in [0.1, 0.15) is 5.60 Å². The highest BCUT2D eigenvalue weighted by Gasteiger charge is 2.23. The van der Waals surface area contributed by atoms with Crippen LogP contribution in [0.15, 0.2) is 18.2 Å². The lowest BCUT2D eigenvalue weighted by Gasteiger charge is -2.30. The molecule has 144 valence electrons. The fraction of sp³-hybridized carbons (Fsp3) is 0.682. The number of aryl methyl sites for hydroxylation is 2. The summed E-state index contributed by atoms with van der Waals surface area (Å²) < 4.78 is 5.31. The third kappa shape index (κ3) is 5.65. The van der Waals surface area contributed by atoms with Gasteiger partial charge in [0.25, 0.3) is 0 Å². The zero-order valence-corrected chi connectivity index (χ0v) is 16.6. The average Bonchev–Trinajstić information content (AvgIpc) is 2.60. The Morgan fingerprint density at radius 1 is 1.08 bits per heavy atom. The molecule has 2 aliphatic rings. The van der Waals surface area contributed by atoms with Crippen LogP contribution < -0.4 is 10.6 Å². The van der Waals surface area contributed by atoms with Gasteiger partial charge in [-0.2, -0.15) is 0 Å². The molecule has 1 fully saturated rings. The highest BCUT2D eigenvalue weighted by Crippen LogP contribution is 2.29. The van der Waals surface area contributed by atoms with Crippen molar-refractivity contribution in [2.24, 2.45) is 5.92 Å². The lowest BCUT2D eigenvalue weighted by molar-refractivity contribution is 0.0515. The number of carbonyl (C=O) groups excluding carboxylic acids is 1. The Balaban J connectivity index is 1.41. The zero-order valence-electron chi connectivity index (χ0n) is 16.6. The van der Waals surface area contributed by atoms with E-state index in [2.05, 4.69) is 28.8 Å². The van der Waals surface area contributed by atoms with Gasteiger partial charge in [-0.25, -0.2) is 4.79 Å². The fourth-order valence-electron chi connectivity index (χ4n) is 4.11. The van der Waals surface area contributed by atoms with Crippen LogP contribution >= 0.6 is 0 Å². The maximum Gasteiger partial charge on any atom is 0.407 e. The second-order valence-electron chi connectivity index (χ2n) is 8.94. The van der Waals surface area contributed by atoms with E-state index in [1.165, 1.54) is 36.9 Å². The van der Waals surface area contributed by atoms with Gasteiger partial charge in [-0.05, 0) is 101 Å². The van der Waals surface area contributed by atoms with Crippen LogP contribution in [0.3, 0.4) is 0 Å². The van der Waals surface area contributed by atoms with Gasteiger partial charge in [0.05, 0.1) is 0 Å². The molecule has 26 heavy (non-hydrogen) atoms. The van der Waals surface area contributed by atoms with E-state index < -0.39 is 5.60 Å². The molecule has 0 bridgehead atoms. The smallest absolute Gasteiger partial charge is 0.407 e. The van der Waals surface area contributed by atoms with Crippen LogP contribution in [0.5, 0.6) is 0 Å². The Kier molecular flexibility index (Phi) is 6.10. The molecule has 0 saturated heterocycles. The van der Waals surface area contributed by atoms with Crippen LogP contribution in [0.25, 0.3) is 0 Å². The zero-order chi connectivity index (χ0) is 18.6. The van der Waals surface area contributed by atoms with Gasteiger partial charge in [0.2, 0.25) is 0 Å². The molecule has 1 aromatic carbocycles. The van der Waals surface area contributed by atoms with Crippen LogP contribution in [0.4, 0.5) is 10.5 Å². The van der Waals surface area contributed by atoms with E-state index in [9.17, 15) is 4.79 Å². The minimum atomic E-state index is -0.430. The summed E-state index contributed by atoms with van der Waals surface area (Å²) in [5, 5.41) is 6.66. The van der Waals surface area contributed by atoms with Gasteiger partial charge in [-0.1, -0.05) is 6.07 Å². The molecule has 4 heteroatoms. The molecule has 0 heterocycles. The molecule has 0 aliphatic heterocycles. The molecule has 1 aromatic rings. The van der Waals surface area contributed by atoms with Gasteiger partial charge in [-0.3, -0.25) is 0 Å². The second kappa shape index (κ2) is 8.32. The van der Waals surface area contributed by atoms with Crippen LogP contribution in [0, 0.1) is 5.92 Å². The molecule has 1 amide bonds. The quantitative estimate of drug-likeness (QED) is 0.791. The lowest BCUT2D eigenvalue weighted by atomic mass is 9.85. The van der Waals surface area contributed by atoms with Crippen molar-refractivity contribution in [3.05, 3.63) is 29.3 Å². The van der Waals surface area contributed by atoms with Crippen LogP contribution in [0.2, 0.25) is 0 Å². The number of nitrogens with one attached hydrogen (secondary N) is 2. The number of fused-ring (bicyclic) bond motifs is 1. The molecule has 0 aromatic heterocycles. The summed E-state index contributed by atoms with van der Waals surface area (Å²) in [6.45, 7) is 6.40. The van der Waals surface area contributed by atoms with E-state index in [1.807, 2.05) is 20.8 Å².